The summed E-state index contributed by atoms with van der Waals surface area (Å²) in [6.07, 6.45) is 0.926. The number of carbonyl (C=O) groups is 1. The molecular weight excluding hydrogens is 250 g/mol. The van der Waals surface area contributed by atoms with Crippen LogP contribution >= 0.6 is 0 Å². The molecule has 1 amide bonds. The first-order valence-electron chi connectivity index (χ1n) is 6.74. The molecule has 0 radical (unpaired) electrons. The van der Waals surface area contributed by atoms with Crippen molar-refractivity contribution in [2.75, 3.05) is 0 Å². The van der Waals surface area contributed by atoms with Gasteiger partial charge in [0.25, 0.3) is 0 Å². The molecule has 0 saturated heterocycles. The van der Waals surface area contributed by atoms with E-state index >= 15 is 0 Å². The summed E-state index contributed by atoms with van der Waals surface area (Å²) in [6.45, 7) is 2.58. The lowest BCUT2D eigenvalue weighted by atomic mass is 10.1. The van der Waals surface area contributed by atoms with E-state index in [-0.39, 0.29) is 11.7 Å². The third-order valence-corrected chi connectivity index (χ3v) is 3.22. The van der Waals surface area contributed by atoms with E-state index in [0.29, 0.717) is 19.4 Å². The highest BCUT2D eigenvalue weighted by Crippen LogP contribution is 2.17. The minimum Gasteiger partial charge on any atom is -0.508 e. The van der Waals surface area contributed by atoms with Crippen LogP contribution in [0.3, 0.4) is 0 Å². The Kier molecular flexibility index (Phi) is 4.77. The van der Waals surface area contributed by atoms with E-state index in [1.54, 1.807) is 12.1 Å². The highest BCUT2D eigenvalue weighted by molar-refractivity contribution is 5.76. The Morgan fingerprint density at radius 1 is 1.10 bits per heavy atom. The van der Waals surface area contributed by atoms with Crippen LogP contribution in [0, 0.1) is 6.92 Å². The average molecular weight is 269 g/mol. The van der Waals surface area contributed by atoms with Crippen molar-refractivity contribution in [1.29, 1.82) is 0 Å². The molecule has 2 aromatic rings. The van der Waals surface area contributed by atoms with E-state index < -0.39 is 0 Å². The van der Waals surface area contributed by atoms with Gasteiger partial charge in [-0.15, -0.1) is 0 Å². The van der Waals surface area contributed by atoms with Crippen molar-refractivity contribution in [2.24, 2.45) is 0 Å². The number of nitrogens with one attached hydrogen (secondary N) is 1. The lowest BCUT2D eigenvalue weighted by Crippen LogP contribution is -2.22. The smallest absolute Gasteiger partial charge is 0.220 e. The lowest BCUT2D eigenvalue weighted by Gasteiger charge is -2.07. The van der Waals surface area contributed by atoms with Gasteiger partial charge in [0.2, 0.25) is 5.91 Å². The number of hydrogen-bond donors (Lipinski definition) is 2. The molecule has 3 heteroatoms. The van der Waals surface area contributed by atoms with Crippen molar-refractivity contribution in [2.45, 2.75) is 26.3 Å². The lowest BCUT2D eigenvalue weighted by molar-refractivity contribution is -0.121. The van der Waals surface area contributed by atoms with Crippen molar-refractivity contribution in [3.63, 3.8) is 0 Å². The van der Waals surface area contributed by atoms with Crippen molar-refractivity contribution >= 4 is 5.91 Å². The minimum absolute atomic E-state index is 0.00571. The summed E-state index contributed by atoms with van der Waals surface area (Å²) >= 11 is 0. The molecule has 0 spiro atoms. The number of hydrogen-bond acceptors (Lipinski definition) is 2. The molecule has 0 saturated carbocycles. The predicted molar refractivity (Wildman–Crippen MR) is 79.5 cm³/mol. The van der Waals surface area contributed by atoms with E-state index in [9.17, 15) is 9.90 Å². The van der Waals surface area contributed by atoms with Crippen LogP contribution in [0.25, 0.3) is 0 Å². The largest absolute Gasteiger partial charge is 0.508 e. The van der Waals surface area contributed by atoms with Crippen molar-refractivity contribution < 1.29 is 9.90 Å². The van der Waals surface area contributed by atoms with Gasteiger partial charge in [0.05, 0.1) is 0 Å². The summed E-state index contributed by atoms with van der Waals surface area (Å²) in [4.78, 5) is 11.8. The third kappa shape index (κ3) is 4.12. The first-order valence-corrected chi connectivity index (χ1v) is 6.74. The summed E-state index contributed by atoms with van der Waals surface area (Å²) in [6, 6.07) is 15.2. The first kappa shape index (κ1) is 14.1. The van der Waals surface area contributed by atoms with Gasteiger partial charge in [-0.3, -0.25) is 4.79 Å². The van der Waals surface area contributed by atoms with E-state index in [0.717, 1.165) is 11.1 Å². The van der Waals surface area contributed by atoms with Gasteiger partial charge in [-0.1, -0.05) is 48.0 Å². The van der Waals surface area contributed by atoms with Gasteiger partial charge in [-0.2, -0.15) is 0 Å². The monoisotopic (exact) mass is 269 g/mol. The molecule has 20 heavy (non-hydrogen) atoms. The Labute approximate surface area is 119 Å². The second kappa shape index (κ2) is 6.75. The number of phenolic OH excluding ortho intramolecular Hbond substituents is 1. The number of phenols is 1. The highest BCUT2D eigenvalue weighted by atomic mass is 16.3. The van der Waals surface area contributed by atoms with Crippen LogP contribution in [0.15, 0.2) is 48.5 Å². The number of para-hydroxylation sites is 1. The maximum atomic E-state index is 11.8. The molecule has 2 rings (SSSR count). The van der Waals surface area contributed by atoms with E-state index in [4.69, 9.17) is 0 Å². The molecule has 0 heterocycles. The van der Waals surface area contributed by atoms with Crippen molar-refractivity contribution in [3.05, 3.63) is 65.2 Å². The first-order chi connectivity index (χ1) is 9.65. The zero-order valence-electron chi connectivity index (χ0n) is 11.6. The molecule has 0 aliphatic rings. The maximum Gasteiger partial charge on any atom is 0.220 e. The molecule has 0 aliphatic heterocycles. The van der Waals surface area contributed by atoms with Crippen molar-refractivity contribution in [3.8, 4) is 5.75 Å². The van der Waals surface area contributed by atoms with Gasteiger partial charge < -0.3 is 10.4 Å². The van der Waals surface area contributed by atoms with Crippen molar-refractivity contribution in [1.82, 2.24) is 5.32 Å². The van der Waals surface area contributed by atoms with Gasteiger partial charge in [0.1, 0.15) is 5.75 Å². The summed E-state index contributed by atoms with van der Waals surface area (Å²) in [7, 11) is 0. The van der Waals surface area contributed by atoms with Crippen LogP contribution in [0.5, 0.6) is 5.75 Å². The Morgan fingerprint density at radius 3 is 2.50 bits per heavy atom. The van der Waals surface area contributed by atoms with E-state index in [2.05, 4.69) is 5.32 Å². The standard InChI is InChI=1S/C17H19NO2/c1-13-6-8-14(9-7-13)12-18-17(20)11-10-15-4-2-3-5-16(15)19/h2-9,19H,10-12H2,1H3,(H,18,20). The number of amides is 1. The van der Waals surface area contributed by atoms with Crippen LogP contribution in [0.1, 0.15) is 23.1 Å². The molecule has 2 aromatic carbocycles. The Balaban J connectivity index is 1.78. The van der Waals surface area contributed by atoms with Crippen LogP contribution in [-0.4, -0.2) is 11.0 Å². The molecule has 2 N–H and O–H groups in total. The van der Waals surface area contributed by atoms with Gasteiger partial charge >= 0.3 is 0 Å². The number of rotatable bonds is 5. The second-order valence-corrected chi connectivity index (χ2v) is 4.89. The van der Waals surface area contributed by atoms with Gasteiger partial charge in [-0.25, -0.2) is 0 Å². The normalized spacial score (nSPS) is 10.2. The zero-order valence-corrected chi connectivity index (χ0v) is 11.6. The van der Waals surface area contributed by atoms with Crippen LogP contribution in [0.2, 0.25) is 0 Å². The minimum atomic E-state index is -0.00571. The highest BCUT2D eigenvalue weighted by Gasteiger charge is 2.05. The third-order valence-electron chi connectivity index (χ3n) is 3.22. The molecule has 0 aromatic heterocycles. The molecule has 3 nitrogen and oxygen atoms in total. The summed E-state index contributed by atoms with van der Waals surface area (Å²) < 4.78 is 0. The zero-order chi connectivity index (χ0) is 14.4. The molecule has 0 fully saturated rings. The van der Waals surface area contributed by atoms with Gasteiger partial charge in [-0.05, 0) is 30.5 Å². The molecular formula is C17H19NO2. The summed E-state index contributed by atoms with van der Waals surface area (Å²) in [5.74, 6) is 0.243. The van der Waals surface area contributed by atoms with Crippen LogP contribution in [0.4, 0.5) is 0 Å². The molecule has 0 unspecified atom stereocenters. The number of aromatic hydroxyl groups is 1. The maximum absolute atomic E-state index is 11.8. The predicted octanol–water partition coefficient (Wildman–Crippen LogP) is 2.95. The quantitative estimate of drug-likeness (QED) is 0.876. The number of carbonyl (C=O) groups excluding carboxylic acids is 1. The molecule has 0 bridgehead atoms. The Bertz CT molecular complexity index is 576. The fraction of sp³-hybridized carbons (Fsp3) is 0.235. The number of aryl methyl sites for hydroxylation is 2. The molecule has 0 aliphatic carbocycles. The fourth-order valence-electron chi connectivity index (χ4n) is 1.97. The van der Waals surface area contributed by atoms with Gasteiger partial charge in [0, 0.05) is 13.0 Å². The second-order valence-electron chi connectivity index (χ2n) is 4.89. The Morgan fingerprint density at radius 2 is 1.80 bits per heavy atom. The van der Waals surface area contributed by atoms with Gasteiger partial charge in [0.15, 0.2) is 0 Å². The Hall–Kier alpha value is -2.29. The molecule has 104 valence electrons. The molecule has 0 atom stereocenters. The number of benzene rings is 2. The van der Waals surface area contributed by atoms with Crippen LogP contribution < -0.4 is 5.32 Å². The van der Waals surface area contributed by atoms with Crippen LogP contribution in [-0.2, 0) is 17.8 Å². The summed E-state index contributed by atoms with van der Waals surface area (Å²) in [5.41, 5.74) is 3.10. The summed E-state index contributed by atoms with van der Waals surface area (Å²) in [5, 5.41) is 12.5. The topological polar surface area (TPSA) is 49.3 Å². The average Bonchev–Trinajstić information content (AvgIpc) is 2.46. The van der Waals surface area contributed by atoms with E-state index in [1.807, 2.05) is 43.3 Å². The SMILES string of the molecule is Cc1ccc(CNC(=O)CCc2ccccc2O)cc1. The van der Waals surface area contributed by atoms with E-state index in [1.165, 1.54) is 5.56 Å². The fourth-order valence-corrected chi connectivity index (χ4v) is 1.97.